The van der Waals surface area contributed by atoms with Crippen LogP contribution >= 0.6 is 0 Å². The third-order valence-corrected chi connectivity index (χ3v) is 4.12. The van der Waals surface area contributed by atoms with E-state index in [2.05, 4.69) is 15.3 Å². The van der Waals surface area contributed by atoms with Gasteiger partial charge in [0.25, 0.3) is 11.5 Å². The van der Waals surface area contributed by atoms with Crippen LogP contribution < -0.4 is 16.6 Å². The molecule has 2 aromatic rings. The maximum absolute atomic E-state index is 12.3. The van der Waals surface area contributed by atoms with E-state index in [0.717, 1.165) is 10.8 Å². The van der Waals surface area contributed by atoms with Crippen LogP contribution in [0, 0.1) is 0 Å². The molecule has 1 amide bonds. The van der Waals surface area contributed by atoms with Gasteiger partial charge in [0.15, 0.2) is 0 Å². The molecule has 0 unspecified atom stereocenters. The Morgan fingerprint density at radius 2 is 2.27 bits per heavy atom. The largest absolute Gasteiger partial charge is 0.394 e. The highest BCUT2D eigenvalue weighted by atomic mass is 16.5. The van der Waals surface area contributed by atoms with Crippen LogP contribution in [0.1, 0.15) is 23.0 Å². The Hall–Kier alpha value is -2.76. The number of aromatic amines is 1. The van der Waals surface area contributed by atoms with Crippen LogP contribution in [0.5, 0.6) is 0 Å². The van der Waals surface area contributed by atoms with Crippen LogP contribution in [0.2, 0.25) is 0 Å². The predicted octanol–water partition coefficient (Wildman–Crippen LogP) is -2.20. The Labute approximate surface area is 146 Å². The van der Waals surface area contributed by atoms with Gasteiger partial charge >= 0.3 is 5.69 Å². The first-order chi connectivity index (χ1) is 12.5. The lowest BCUT2D eigenvalue weighted by molar-refractivity contribution is -0.0459. The van der Waals surface area contributed by atoms with Gasteiger partial charge in [-0.05, 0) is 0 Å². The van der Waals surface area contributed by atoms with Crippen molar-refractivity contribution < 1.29 is 19.7 Å². The molecular weight excluding hydrogens is 346 g/mol. The molecular formula is C15H19N5O6. The molecule has 1 aliphatic heterocycles. The molecule has 0 radical (unpaired) electrons. The number of nitrogens with zero attached hydrogens (tertiary/aromatic N) is 3. The zero-order chi connectivity index (χ0) is 18.7. The Balaban J connectivity index is 1.74. The zero-order valence-electron chi connectivity index (χ0n) is 13.7. The van der Waals surface area contributed by atoms with Gasteiger partial charge in [0.2, 0.25) is 0 Å². The van der Waals surface area contributed by atoms with Crippen LogP contribution in [-0.4, -0.2) is 60.6 Å². The maximum Gasteiger partial charge on any atom is 0.330 e. The smallest absolute Gasteiger partial charge is 0.330 e. The van der Waals surface area contributed by atoms with Gasteiger partial charge in [-0.15, -0.1) is 0 Å². The number of imidazole rings is 1. The van der Waals surface area contributed by atoms with Crippen molar-refractivity contribution in [1.29, 1.82) is 0 Å². The molecule has 0 aromatic carbocycles. The fourth-order valence-electron chi connectivity index (χ4n) is 2.72. The summed E-state index contributed by atoms with van der Waals surface area (Å²) in [4.78, 5) is 42.2. The fraction of sp³-hybridized carbons (Fsp3) is 0.467. The van der Waals surface area contributed by atoms with Crippen molar-refractivity contribution in [3.63, 3.8) is 0 Å². The summed E-state index contributed by atoms with van der Waals surface area (Å²) in [6, 6.07) is 0. The average molecular weight is 365 g/mol. The molecule has 26 heavy (non-hydrogen) atoms. The molecule has 3 heterocycles. The number of aliphatic hydroxyl groups is 2. The average Bonchev–Trinajstić information content (AvgIpc) is 3.24. The number of aliphatic hydroxyl groups excluding tert-OH is 2. The topological polar surface area (TPSA) is 151 Å². The summed E-state index contributed by atoms with van der Waals surface area (Å²) >= 11 is 0. The molecule has 11 heteroatoms. The van der Waals surface area contributed by atoms with Gasteiger partial charge in [-0.3, -0.25) is 19.1 Å². The first kappa shape index (κ1) is 18.0. The molecule has 1 fully saturated rings. The van der Waals surface area contributed by atoms with Crippen LogP contribution in [0.15, 0.2) is 34.5 Å². The second-order valence-corrected chi connectivity index (χ2v) is 5.88. The van der Waals surface area contributed by atoms with Gasteiger partial charge in [0, 0.05) is 38.1 Å². The number of H-pyrrole nitrogens is 1. The Morgan fingerprint density at radius 1 is 1.46 bits per heavy atom. The molecule has 3 atom stereocenters. The minimum absolute atomic E-state index is 0.0544. The van der Waals surface area contributed by atoms with E-state index in [1.165, 1.54) is 0 Å². The maximum atomic E-state index is 12.3. The summed E-state index contributed by atoms with van der Waals surface area (Å²) < 4.78 is 8.18. The number of hydrogen-bond acceptors (Lipinski definition) is 7. The second-order valence-electron chi connectivity index (χ2n) is 5.88. The summed E-state index contributed by atoms with van der Waals surface area (Å²) in [6.45, 7) is 0.329. The molecule has 0 aliphatic carbocycles. The van der Waals surface area contributed by atoms with Gasteiger partial charge in [-0.25, -0.2) is 9.78 Å². The molecule has 0 saturated carbocycles. The Bertz CT molecular complexity index is 873. The van der Waals surface area contributed by atoms with E-state index in [1.54, 1.807) is 23.3 Å². The van der Waals surface area contributed by atoms with Crippen LogP contribution in [0.3, 0.4) is 0 Å². The quantitative estimate of drug-likeness (QED) is 0.453. The van der Waals surface area contributed by atoms with E-state index >= 15 is 0 Å². The third-order valence-electron chi connectivity index (χ3n) is 4.12. The number of hydrogen-bond donors (Lipinski definition) is 4. The lowest BCUT2D eigenvalue weighted by atomic mass is 10.2. The van der Waals surface area contributed by atoms with Crippen molar-refractivity contribution in [3.05, 3.63) is 51.3 Å². The highest BCUT2D eigenvalue weighted by Gasteiger charge is 2.35. The minimum atomic E-state index is -0.948. The molecule has 140 valence electrons. The summed E-state index contributed by atoms with van der Waals surface area (Å²) in [6.07, 6.45) is 3.44. The molecule has 0 spiro atoms. The van der Waals surface area contributed by atoms with E-state index in [0.29, 0.717) is 6.54 Å². The highest BCUT2D eigenvalue weighted by Crippen LogP contribution is 2.27. The summed E-state index contributed by atoms with van der Waals surface area (Å²) in [7, 11) is 0. The number of carbonyl (C=O) groups excluding carboxylic acids is 1. The molecule has 0 bridgehead atoms. The van der Waals surface area contributed by atoms with Crippen molar-refractivity contribution in [2.45, 2.75) is 31.4 Å². The molecule has 2 aromatic heterocycles. The van der Waals surface area contributed by atoms with E-state index < -0.39 is 42.2 Å². The molecule has 3 rings (SSSR count). The highest BCUT2D eigenvalue weighted by molar-refractivity contribution is 5.93. The van der Waals surface area contributed by atoms with E-state index in [-0.39, 0.29) is 18.5 Å². The van der Waals surface area contributed by atoms with Gasteiger partial charge in [-0.2, -0.15) is 0 Å². The lowest BCUT2D eigenvalue weighted by Crippen LogP contribution is -2.39. The minimum Gasteiger partial charge on any atom is -0.394 e. The first-order valence-electron chi connectivity index (χ1n) is 8.03. The van der Waals surface area contributed by atoms with Gasteiger partial charge in [-0.1, -0.05) is 0 Å². The molecule has 1 saturated heterocycles. The number of amides is 1. The van der Waals surface area contributed by atoms with Crippen LogP contribution in [0.4, 0.5) is 0 Å². The zero-order valence-corrected chi connectivity index (χ0v) is 13.7. The van der Waals surface area contributed by atoms with Crippen molar-refractivity contribution in [1.82, 2.24) is 24.4 Å². The standard InChI is InChI=1S/C15H19N5O6/c21-7-11-10(22)5-12(26-11)20-6-9(14(24)18-15(20)25)13(23)17-2-4-19-3-1-16-8-19/h1,3,6,8,10-12,21-22H,2,4-5,7H2,(H,17,23)(H,18,24,25)/t10-,11+,12+/m0/s1. The number of nitrogens with one attached hydrogen (secondary N) is 2. The van der Waals surface area contributed by atoms with E-state index in [1.807, 2.05) is 0 Å². The van der Waals surface area contributed by atoms with Gasteiger partial charge in [0.1, 0.15) is 17.9 Å². The number of carbonyl (C=O) groups is 1. The van der Waals surface area contributed by atoms with Gasteiger partial charge < -0.3 is 24.8 Å². The number of ether oxygens (including phenoxy) is 1. The summed E-state index contributed by atoms with van der Waals surface area (Å²) in [5, 5.41) is 21.5. The van der Waals surface area contributed by atoms with Crippen molar-refractivity contribution in [2.75, 3.05) is 13.2 Å². The normalized spacial score (nSPS) is 22.5. The number of rotatable bonds is 6. The van der Waals surface area contributed by atoms with Crippen molar-refractivity contribution >= 4 is 5.91 Å². The predicted molar refractivity (Wildman–Crippen MR) is 87.5 cm³/mol. The lowest BCUT2D eigenvalue weighted by Gasteiger charge is -2.15. The molecule has 4 N–H and O–H groups in total. The monoisotopic (exact) mass is 365 g/mol. The van der Waals surface area contributed by atoms with E-state index in [9.17, 15) is 19.5 Å². The van der Waals surface area contributed by atoms with Gasteiger partial charge in [0.05, 0.1) is 19.0 Å². The van der Waals surface area contributed by atoms with Crippen molar-refractivity contribution in [2.24, 2.45) is 0 Å². The second kappa shape index (κ2) is 7.64. The summed E-state index contributed by atoms with van der Waals surface area (Å²) in [5.74, 6) is -0.641. The SMILES string of the molecule is O=C(NCCn1ccnc1)c1cn([C@H]2C[C@H](O)[C@@H](CO)O2)c(=O)[nH]c1=O. The Kier molecular flexibility index (Phi) is 5.30. The molecule has 11 nitrogen and oxygen atoms in total. The first-order valence-corrected chi connectivity index (χ1v) is 8.03. The Morgan fingerprint density at radius 3 is 2.92 bits per heavy atom. The fourth-order valence-corrected chi connectivity index (χ4v) is 2.72. The number of aromatic nitrogens is 4. The van der Waals surface area contributed by atoms with Crippen LogP contribution in [-0.2, 0) is 11.3 Å². The molecule has 1 aliphatic rings. The third kappa shape index (κ3) is 3.74. The van der Waals surface area contributed by atoms with Crippen molar-refractivity contribution in [3.8, 4) is 0 Å². The van der Waals surface area contributed by atoms with Crippen LogP contribution in [0.25, 0.3) is 0 Å². The summed E-state index contributed by atoms with van der Waals surface area (Å²) in [5.41, 5.74) is -1.83. The van der Waals surface area contributed by atoms with E-state index in [4.69, 9.17) is 9.84 Å².